The monoisotopic (exact) mass is 378 g/mol. The summed E-state index contributed by atoms with van der Waals surface area (Å²) in [5.41, 5.74) is -0.659. The molecule has 0 radical (unpaired) electrons. The fourth-order valence-electron chi connectivity index (χ4n) is 1.85. The second-order valence-electron chi connectivity index (χ2n) is 6.94. The summed E-state index contributed by atoms with van der Waals surface area (Å²) in [7, 11) is 0. The molecule has 0 aliphatic heterocycles. The molecule has 0 aliphatic rings. The van der Waals surface area contributed by atoms with Crippen LogP contribution in [-0.4, -0.2) is 51.5 Å². The molecule has 0 saturated carbocycles. The number of amides is 1. The fourth-order valence-corrected chi connectivity index (χ4v) is 1.85. The maximum absolute atomic E-state index is 11.5. The third kappa shape index (κ3) is 16.9. The molecule has 0 aromatic rings. The van der Waals surface area contributed by atoms with Crippen molar-refractivity contribution >= 4 is 12.1 Å². The zero-order valence-electron chi connectivity index (χ0n) is 16.5. The maximum atomic E-state index is 11.5. The maximum Gasteiger partial charge on any atom is 0.407 e. The largest absolute Gasteiger partial charge is 0.479 e. The van der Waals surface area contributed by atoms with Gasteiger partial charge in [0.15, 0.2) is 6.10 Å². The summed E-state index contributed by atoms with van der Waals surface area (Å²) >= 11 is 0. The molecule has 0 aromatic heterocycles. The van der Waals surface area contributed by atoms with Crippen LogP contribution in [0.1, 0.15) is 73.1 Å². The Labute approximate surface area is 155 Å². The van der Waals surface area contributed by atoms with Gasteiger partial charge in [0.1, 0.15) is 5.60 Å². The van der Waals surface area contributed by atoms with Gasteiger partial charge in [0, 0.05) is 11.3 Å². The highest BCUT2D eigenvalue weighted by Gasteiger charge is 2.28. The summed E-state index contributed by atoms with van der Waals surface area (Å²) in [6.07, 6.45) is 2.36. The van der Waals surface area contributed by atoms with Gasteiger partial charge in [-0.05, 0) is 33.6 Å². The van der Waals surface area contributed by atoms with E-state index in [4.69, 9.17) is 9.84 Å². The Hall–Kier alpha value is -1.90. The van der Waals surface area contributed by atoms with E-state index in [-0.39, 0.29) is 11.5 Å². The van der Waals surface area contributed by atoms with Crippen molar-refractivity contribution < 1.29 is 29.5 Å². The van der Waals surface area contributed by atoms with Gasteiger partial charge in [-0.25, -0.2) is 9.59 Å². The molecule has 2 unspecified atom stereocenters. The number of ether oxygens (including phenoxy) is 1. The Morgan fingerprint density at radius 2 is 1.69 bits per heavy atom. The standard InChI is InChI=1S/C12H23NO5.C5H11NO2/c1-5-6-7-8(9(14)10(15)16)13-11(17)18-12(2,3)4;1-2-3-4-5-6(7)8/h8-9,14H,5-7H2,1-4H3,(H,13,17)(H,15,16);2-5H2,1H3. The number of nitrogens with one attached hydrogen (secondary N) is 1. The van der Waals surface area contributed by atoms with Gasteiger partial charge in [-0.2, -0.15) is 0 Å². The third-order valence-electron chi connectivity index (χ3n) is 3.15. The van der Waals surface area contributed by atoms with Gasteiger partial charge in [0.25, 0.3) is 0 Å². The number of hydrogen-bond donors (Lipinski definition) is 3. The van der Waals surface area contributed by atoms with Crippen LogP contribution in [0.2, 0.25) is 0 Å². The molecule has 154 valence electrons. The van der Waals surface area contributed by atoms with Crippen molar-refractivity contribution in [2.24, 2.45) is 0 Å². The molecular weight excluding hydrogens is 344 g/mol. The molecule has 0 fully saturated rings. The SMILES string of the molecule is CCCCC(NC(=O)OC(C)(C)C)C(O)C(=O)O.CCCCC[N+](=O)[O-]. The van der Waals surface area contributed by atoms with E-state index in [1.807, 2.05) is 13.8 Å². The van der Waals surface area contributed by atoms with Crippen molar-refractivity contribution in [3.63, 3.8) is 0 Å². The molecule has 0 spiro atoms. The van der Waals surface area contributed by atoms with Crippen LogP contribution in [0.4, 0.5) is 4.79 Å². The molecule has 3 N–H and O–H groups in total. The first kappa shape index (κ1) is 26.3. The van der Waals surface area contributed by atoms with E-state index in [1.165, 1.54) is 0 Å². The van der Waals surface area contributed by atoms with E-state index >= 15 is 0 Å². The first-order valence-electron chi connectivity index (χ1n) is 8.96. The third-order valence-corrected chi connectivity index (χ3v) is 3.15. The molecule has 26 heavy (non-hydrogen) atoms. The normalized spacial score (nSPS) is 13.0. The van der Waals surface area contributed by atoms with Crippen LogP contribution < -0.4 is 5.32 Å². The average molecular weight is 378 g/mol. The number of aliphatic carboxylic acids is 1. The van der Waals surface area contributed by atoms with Gasteiger partial charge in [-0.1, -0.05) is 33.1 Å². The van der Waals surface area contributed by atoms with Crippen molar-refractivity contribution in [3.05, 3.63) is 10.1 Å². The zero-order valence-corrected chi connectivity index (χ0v) is 16.5. The van der Waals surface area contributed by atoms with Crippen LogP contribution in [-0.2, 0) is 9.53 Å². The first-order chi connectivity index (χ1) is 11.9. The number of aliphatic hydroxyl groups is 1. The predicted molar refractivity (Wildman–Crippen MR) is 97.7 cm³/mol. The molecule has 1 amide bonds. The van der Waals surface area contributed by atoms with Crippen molar-refractivity contribution in [3.8, 4) is 0 Å². The molecule has 0 aromatic carbocycles. The fraction of sp³-hybridized carbons (Fsp3) is 0.882. The Morgan fingerprint density at radius 3 is 2.08 bits per heavy atom. The van der Waals surface area contributed by atoms with E-state index in [0.717, 1.165) is 25.7 Å². The molecule has 0 aliphatic carbocycles. The Balaban J connectivity index is 0. The van der Waals surface area contributed by atoms with Gasteiger partial charge in [-0.15, -0.1) is 0 Å². The van der Waals surface area contributed by atoms with Crippen LogP contribution in [0, 0.1) is 10.1 Å². The Bertz CT molecular complexity index is 422. The quantitative estimate of drug-likeness (QED) is 0.302. The summed E-state index contributed by atoms with van der Waals surface area (Å²) in [4.78, 5) is 31.7. The average Bonchev–Trinajstić information content (AvgIpc) is 2.49. The van der Waals surface area contributed by atoms with Gasteiger partial charge in [0.2, 0.25) is 6.54 Å². The minimum Gasteiger partial charge on any atom is -0.479 e. The molecule has 0 heterocycles. The first-order valence-corrected chi connectivity index (χ1v) is 8.96. The lowest BCUT2D eigenvalue weighted by molar-refractivity contribution is -0.480. The minimum atomic E-state index is -1.62. The summed E-state index contributed by atoms with van der Waals surface area (Å²) in [6.45, 7) is 9.23. The highest BCUT2D eigenvalue weighted by Crippen LogP contribution is 2.10. The zero-order chi connectivity index (χ0) is 20.8. The number of nitro groups is 1. The second-order valence-corrected chi connectivity index (χ2v) is 6.94. The van der Waals surface area contributed by atoms with E-state index in [9.17, 15) is 24.8 Å². The highest BCUT2D eigenvalue weighted by atomic mass is 16.6. The van der Waals surface area contributed by atoms with Gasteiger partial charge in [0.05, 0.1) is 6.04 Å². The van der Waals surface area contributed by atoms with Crippen LogP contribution in [0.3, 0.4) is 0 Å². The summed E-state index contributed by atoms with van der Waals surface area (Å²) in [6, 6.07) is -0.836. The predicted octanol–water partition coefficient (Wildman–Crippen LogP) is 2.97. The van der Waals surface area contributed by atoms with Gasteiger partial charge < -0.3 is 20.3 Å². The molecule has 0 saturated heterocycles. The lowest BCUT2D eigenvalue weighted by Gasteiger charge is -2.25. The smallest absolute Gasteiger partial charge is 0.407 e. The second kappa shape index (κ2) is 14.3. The molecular formula is C17H34N2O7. The van der Waals surface area contributed by atoms with Crippen molar-refractivity contribution in [1.29, 1.82) is 0 Å². The van der Waals surface area contributed by atoms with E-state index in [0.29, 0.717) is 12.8 Å². The number of aliphatic hydroxyl groups excluding tert-OH is 1. The number of carboxylic acids is 1. The van der Waals surface area contributed by atoms with Gasteiger partial charge in [-0.3, -0.25) is 10.1 Å². The number of carboxylic acid groups (broad SMARTS) is 1. The number of carbonyl (C=O) groups excluding carboxylic acids is 1. The van der Waals surface area contributed by atoms with Gasteiger partial charge >= 0.3 is 12.1 Å². The topological polar surface area (TPSA) is 139 Å². The number of alkyl carbamates (subject to hydrolysis) is 1. The van der Waals surface area contributed by atoms with Crippen LogP contribution >= 0.6 is 0 Å². The molecule has 9 heteroatoms. The number of nitrogens with zero attached hydrogens (tertiary/aromatic N) is 1. The van der Waals surface area contributed by atoms with E-state index in [1.54, 1.807) is 20.8 Å². The van der Waals surface area contributed by atoms with Crippen molar-refractivity contribution in [1.82, 2.24) is 5.32 Å². The summed E-state index contributed by atoms with van der Waals surface area (Å²) in [5, 5.41) is 30.3. The lowest BCUT2D eigenvalue weighted by Crippen LogP contribution is -2.48. The van der Waals surface area contributed by atoms with E-state index < -0.39 is 29.8 Å². The van der Waals surface area contributed by atoms with Crippen LogP contribution in [0.25, 0.3) is 0 Å². The van der Waals surface area contributed by atoms with Crippen molar-refractivity contribution in [2.45, 2.75) is 90.9 Å². The van der Waals surface area contributed by atoms with E-state index in [2.05, 4.69) is 5.32 Å². The lowest BCUT2D eigenvalue weighted by atomic mass is 10.0. The number of rotatable bonds is 10. The van der Waals surface area contributed by atoms with Crippen LogP contribution in [0.15, 0.2) is 0 Å². The Morgan fingerprint density at radius 1 is 1.15 bits per heavy atom. The molecule has 9 nitrogen and oxygen atoms in total. The Kier molecular flexibility index (Phi) is 14.5. The number of hydrogen-bond acceptors (Lipinski definition) is 6. The molecule has 0 bridgehead atoms. The number of carbonyl (C=O) groups is 2. The molecule has 0 rings (SSSR count). The number of unbranched alkanes of at least 4 members (excludes halogenated alkanes) is 3. The summed E-state index contributed by atoms with van der Waals surface area (Å²) < 4.78 is 5.02. The minimum absolute atomic E-state index is 0.133. The summed E-state index contributed by atoms with van der Waals surface area (Å²) in [5.74, 6) is -1.35. The van der Waals surface area contributed by atoms with Crippen molar-refractivity contribution in [2.75, 3.05) is 6.54 Å². The molecule has 2 atom stereocenters. The van der Waals surface area contributed by atoms with Crippen LogP contribution in [0.5, 0.6) is 0 Å². The highest BCUT2D eigenvalue weighted by molar-refractivity contribution is 5.75.